The van der Waals surface area contributed by atoms with Gasteiger partial charge in [0.1, 0.15) is 11.2 Å². The predicted molar refractivity (Wildman–Crippen MR) is 210 cm³/mol. The molecule has 0 aliphatic rings. The molecular weight excluding hydrogens is 615 g/mol. The average Bonchev–Trinajstić information content (AvgIpc) is 3.75. The highest BCUT2D eigenvalue weighted by Gasteiger charge is 2.25. The van der Waals surface area contributed by atoms with Gasteiger partial charge in [-0.05, 0) is 64.5 Å². The van der Waals surface area contributed by atoms with Gasteiger partial charge in [0.15, 0.2) is 0 Å². The van der Waals surface area contributed by atoms with Gasteiger partial charge in [-0.1, -0.05) is 133 Å². The molecule has 10 rings (SSSR count). The maximum Gasteiger partial charge on any atom is 0.145 e. The predicted octanol–water partition coefficient (Wildman–Crippen LogP) is 13.9. The molecule has 2 aromatic heterocycles. The van der Waals surface area contributed by atoms with E-state index in [2.05, 4.69) is 181 Å². The van der Waals surface area contributed by atoms with E-state index in [1.807, 2.05) is 11.3 Å². The molecule has 0 radical (unpaired) electrons. The summed E-state index contributed by atoms with van der Waals surface area (Å²) in [4.78, 5) is 2.43. The first-order chi connectivity index (χ1) is 24.3. The average molecular weight is 644 g/mol. The van der Waals surface area contributed by atoms with Gasteiger partial charge in [0, 0.05) is 42.9 Å². The highest BCUT2D eigenvalue weighted by Crippen LogP contribution is 2.50. The second-order valence-corrected chi connectivity index (χ2v) is 13.5. The lowest BCUT2D eigenvalue weighted by atomic mass is 9.97. The maximum absolute atomic E-state index is 7.00. The van der Waals surface area contributed by atoms with E-state index in [-0.39, 0.29) is 0 Å². The number of nitrogens with zero attached hydrogens (tertiary/aromatic N) is 1. The highest BCUT2D eigenvalue weighted by molar-refractivity contribution is 7.26. The molecule has 0 aliphatic carbocycles. The van der Waals surface area contributed by atoms with Gasteiger partial charge in [-0.15, -0.1) is 11.3 Å². The Hall–Kier alpha value is -6.16. The number of hydrogen-bond acceptors (Lipinski definition) is 3. The molecule has 10 aromatic rings. The van der Waals surface area contributed by atoms with Gasteiger partial charge in [0.05, 0.1) is 16.1 Å². The number of furan rings is 1. The van der Waals surface area contributed by atoms with Gasteiger partial charge >= 0.3 is 0 Å². The van der Waals surface area contributed by atoms with Crippen molar-refractivity contribution in [2.45, 2.75) is 0 Å². The fourth-order valence-electron chi connectivity index (χ4n) is 7.38. The molecule has 0 amide bonds. The molecule has 0 N–H and O–H groups in total. The Kier molecular flexibility index (Phi) is 6.39. The smallest absolute Gasteiger partial charge is 0.145 e. The fraction of sp³-hybridized carbons (Fsp3) is 0. The van der Waals surface area contributed by atoms with Crippen molar-refractivity contribution in [2.24, 2.45) is 0 Å². The van der Waals surface area contributed by atoms with Crippen molar-refractivity contribution >= 4 is 81.3 Å². The van der Waals surface area contributed by atoms with Crippen LogP contribution in [0.1, 0.15) is 0 Å². The Morgan fingerprint density at radius 2 is 1.02 bits per heavy atom. The summed E-state index contributed by atoms with van der Waals surface area (Å²) in [5.74, 6) is 0. The summed E-state index contributed by atoms with van der Waals surface area (Å²) in [6, 6.07) is 63.1. The molecule has 0 spiro atoms. The van der Waals surface area contributed by atoms with Crippen LogP contribution in [0, 0.1) is 0 Å². The van der Waals surface area contributed by atoms with Crippen LogP contribution in [0.4, 0.5) is 17.1 Å². The van der Waals surface area contributed by atoms with Crippen LogP contribution in [-0.2, 0) is 0 Å². The lowest BCUT2D eigenvalue weighted by molar-refractivity contribution is 0.674. The summed E-state index contributed by atoms with van der Waals surface area (Å²) in [7, 11) is 0. The largest absolute Gasteiger partial charge is 0.455 e. The molecule has 0 aliphatic heterocycles. The van der Waals surface area contributed by atoms with E-state index in [0.29, 0.717) is 0 Å². The number of thiophene rings is 1. The van der Waals surface area contributed by atoms with Crippen LogP contribution in [0.5, 0.6) is 0 Å². The number of benzene rings is 8. The van der Waals surface area contributed by atoms with Crippen molar-refractivity contribution in [3.63, 3.8) is 0 Å². The van der Waals surface area contributed by atoms with Crippen LogP contribution in [-0.4, -0.2) is 0 Å². The highest BCUT2D eigenvalue weighted by atomic mass is 32.1. The standard InChI is InChI=1S/C46H29NOS/c1-3-12-30(13-4-1)31-22-25-34(26-23-31)47(41-20-11-19-39-36-18-9-10-21-42(36)49-46(39)41)40-29-28-38-37-27-24-32-14-7-8-17-35(32)44(37)48-45(38)43(40)33-15-5-2-6-16-33/h1-29H. The normalized spacial score (nSPS) is 11.7. The zero-order chi connectivity index (χ0) is 32.3. The lowest BCUT2D eigenvalue weighted by Crippen LogP contribution is -2.11. The monoisotopic (exact) mass is 643 g/mol. The van der Waals surface area contributed by atoms with Crippen molar-refractivity contribution in [1.29, 1.82) is 0 Å². The number of fused-ring (bicyclic) bond motifs is 8. The van der Waals surface area contributed by atoms with Gasteiger partial charge in [-0.25, -0.2) is 0 Å². The molecule has 0 fully saturated rings. The van der Waals surface area contributed by atoms with Crippen LogP contribution in [0.2, 0.25) is 0 Å². The number of hydrogen-bond donors (Lipinski definition) is 0. The third-order valence-corrected chi connectivity index (χ3v) is 10.9. The molecule has 3 heteroatoms. The van der Waals surface area contributed by atoms with Crippen LogP contribution >= 0.6 is 11.3 Å². The van der Waals surface area contributed by atoms with Gasteiger partial charge in [-0.3, -0.25) is 0 Å². The summed E-state index contributed by atoms with van der Waals surface area (Å²) >= 11 is 1.85. The molecule has 0 atom stereocenters. The minimum absolute atomic E-state index is 0.893. The second kappa shape index (κ2) is 11.2. The zero-order valence-corrected chi connectivity index (χ0v) is 27.3. The Bertz CT molecular complexity index is 2810. The van der Waals surface area contributed by atoms with E-state index in [1.165, 1.54) is 36.7 Å². The Labute approximate surface area is 287 Å². The zero-order valence-electron chi connectivity index (χ0n) is 26.5. The minimum atomic E-state index is 0.893. The first kappa shape index (κ1) is 27.9. The van der Waals surface area contributed by atoms with E-state index >= 15 is 0 Å². The maximum atomic E-state index is 7.00. The first-order valence-corrected chi connectivity index (χ1v) is 17.4. The molecule has 2 nitrogen and oxygen atoms in total. The van der Waals surface area contributed by atoms with Crippen molar-refractivity contribution in [3.8, 4) is 22.3 Å². The molecule has 49 heavy (non-hydrogen) atoms. The Morgan fingerprint density at radius 1 is 0.388 bits per heavy atom. The van der Waals surface area contributed by atoms with Gasteiger partial charge in [-0.2, -0.15) is 0 Å². The Balaban J connectivity index is 1.29. The third-order valence-electron chi connectivity index (χ3n) is 9.67. The fourth-order valence-corrected chi connectivity index (χ4v) is 8.58. The summed E-state index contributed by atoms with van der Waals surface area (Å²) in [5, 5.41) is 7.09. The number of anilines is 3. The number of rotatable bonds is 5. The molecule has 8 aromatic carbocycles. The summed E-state index contributed by atoms with van der Waals surface area (Å²) in [5.41, 5.74) is 9.69. The summed E-state index contributed by atoms with van der Waals surface area (Å²) in [6.45, 7) is 0. The summed E-state index contributed by atoms with van der Waals surface area (Å²) < 4.78 is 9.54. The van der Waals surface area contributed by atoms with Crippen molar-refractivity contribution in [1.82, 2.24) is 0 Å². The van der Waals surface area contributed by atoms with E-state index in [4.69, 9.17) is 4.42 Å². The quantitative estimate of drug-likeness (QED) is 0.186. The molecule has 0 unspecified atom stereocenters. The molecule has 0 saturated carbocycles. The lowest BCUT2D eigenvalue weighted by Gasteiger charge is -2.28. The van der Waals surface area contributed by atoms with Crippen LogP contribution < -0.4 is 4.90 Å². The SMILES string of the molecule is c1ccc(-c2ccc(N(c3ccc4c(oc5c6ccccc6ccc45)c3-c3ccccc3)c3cccc4c3sc3ccccc34)cc2)cc1. The van der Waals surface area contributed by atoms with Gasteiger partial charge in [0.2, 0.25) is 0 Å². The first-order valence-electron chi connectivity index (χ1n) is 16.6. The molecule has 2 heterocycles. The third kappa shape index (κ3) is 4.47. The van der Waals surface area contributed by atoms with Gasteiger partial charge < -0.3 is 9.32 Å². The van der Waals surface area contributed by atoms with E-state index in [0.717, 1.165) is 55.5 Å². The van der Waals surface area contributed by atoms with Crippen molar-refractivity contribution < 1.29 is 4.42 Å². The van der Waals surface area contributed by atoms with E-state index in [9.17, 15) is 0 Å². The molecule has 230 valence electrons. The topological polar surface area (TPSA) is 16.4 Å². The summed E-state index contributed by atoms with van der Waals surface area (Å²) in [6.07, 6.45) is 0. The van der Waals surface area contributed by atoms with E-state index < -0.39 is 0 Å². The van der Waals surface area contributed by atoms with Crippen molar-refractivity contribution in [2.75, 3.05) is 4.90 Å². The van der Waals surface area contributed by atoms with Crippen LogP contribution in [0.15, 0.2) is 180 Å². The molecule has 0 saturated heterocycles. The van der Waals surface area contributed by atoms with Gasteiger partial charge in [0.25, 0.3) is 0 Å². The second-order valence-electron chi connectivity index (χ2n) is 12.5. The van der Waals surface area contributed by atoms with Crippen LogP contribution in [0.25, 0.3) is 75.1 Å². The van der Waals surface area contributed by atoms with E-state index in [1.54, 1.807) is 0 Å². The molecular formula is C46H29NOS. The minimum Gasteiger partial charge on any atom is -0.455 e. The van der Waals surface area contributed by atoms with Crippen LogP contribution in [0.3, 0.4) is 0 Å². The molecule has 0 bridgehead atoms. The Morgan fingerprint density at radius 3 is 1.84 bits per heavy atom. The van der Waals surface area contributed by atoms with Crippen molar-refractivity contribution in [3.05, 3.63) is 176 Å².